The lowest BCUT2D eigenvalue weighted by Gasteiger charge is -2.00. The third-order valence-corrected chi connectivity index (χ3v) is 2.12. The fourth-order valence-corrected chi connectivity index (χ4v) is 1.25. The number of hydrogen-bond donors (Lipinski definition) is 1. The van der Waals surface area contributed by atoms with Crippen LogP contribution in [0.3, 0.4) is 0 Å². The van der Waals surface area contributed by atoms with Gasteiger partial charge in [-0.2, -0.15) is 0 Å². The van der Waals surface area contributed by atoms with Gasteiger partial charge in [-0.3, -0.25) is 0 Å². The van der Waals surface area contributed by atoms with Crippen molar-refractivity contribution >= 4 is 28.5 Å². The van der Waals surface area contributed by atoms with E-state index in [1.165, 1.54) is 6.08 Å². The summed E-state index contributed by atoms with van der Waals surface area (Å²) in [4.78, 5) is 21.9. The van der Waals surface area contributed by atoms with E-state index in [9.17, 15) is 9.59 Å². The molecule has 1 aromatic carbocycles. The van der Waals surface area contributed by atoms with Gasteiger partial charge in [0.15, 0.2) is 0 Å². The lowest BCUT2D eigenvalue weighted by atomic mass is 10.1. The molecule has 15 heavy (non-hydrogen) atoms. The molecule has 0 aliphatic carbocycles. The van der Waals surface area contributed by atoms with Gasteiger partial charge in [-0.05, 0) is 11.6 Å². The number of carboxylic acids is 1. The Balaban J connectivity index is 3.05. The fraction of sp³-hybridized carbons (Fsp3) is 0. The van der Waals surface area contributed by atoms with Crippen LogP contribution in [0.5, 0.6) is 0 Å². The van der Waals surface area contributed by atoms with Crippen molar-refractivity contribution in [1.29, 1.82) is 0 Å². The zero-order chi connectivity index (χ0) is 11.3. The summed E-state index contributed by atoms with van der Waals surface area (Å²) in [6.45, 7) is 0. The van der Waals surface area contributed by atoms with Crippen LogP contribution in [0.2, 0.25) is 0 Å². The standard InChI is InChI=1S/C10H10O4Si/c11-9(12)8(10(13)14-15)6-7-4-2-1-3-5-7/h1-6H,15H3,(H,11,12). The highest BCUT2D eigenvalue weighted by Crippen LogP contribution is 2.07. The maximum Gasteiger partial charge on any atom is 0.343 e. The predicted molar refractivity (Wildman–Crippen MR) is 58.1 cm³/mol. The summed E-state index contributed by atoms with van der Waals surface area (Å²) < 4.78 is 4.50. The molecule has 0 bridgehead atoms. The number of hydrogen-bond acceptors (Lipinski definition) is 3. The SMILES string of the molecule is O=C(O)C(=Cc1ccccc1)C(=O)O[SiH3]. The molecule has 0 spiro atoms. The molecule has 5 heteroatoms. The van der Waals surface area contributed by atoms with Crippen molar-refractivity contribution in [2.45, 2.75) is 0 Å². The normalized spacial score (nSPS) is 11.1. The molecule has 0 amide bonds. The highest BCUT2D eigenvalue weighted by Gasteiger charge is 2.16. The third kappa shape index (κ3) is 3.06. The van der Waals surface area contributed by atoms with E-state index in [0.29, 0.717) is 5.56 Å². The molecular weight excluding hydrogens is 212 g/mol. The average molecular weight is 222 g/mol. The smallest absolute Gasteiger partial charge is 0.343 e. The van der Waals surface area contributed by atoms with Gasteiger partial charge < -0.3 is 9.53 Å². The second-order valence-electron chi connectivity index (χ2n) is 2.77. The molecule has 0 aliphatic heterocycles. The van der Waals surface area contributed by atoms with E-state index in [4.69, 9.17) is 5.11 Å². The van der Waals surface area contributed by atoms with Crippen molar-refractivity contribution in [2.75, 3.05) is 0 Å². The maximum atomic E-state index is 11.1. The monoisotopic (exact) mass is 222 g/mol. The molecule has 0 fully saturated rings. The molecule has 4 nitrogen and oxygen atoms in total. The summed E-state index contributed by atoms with van der Waals surface area (Å²) in [5.74, 6) is -2.07. The van der Waals surface area contributed by atoms with Crippen LogP contribution in [0.25, 0.3) is 6.08 Å². The van der Waals surface area contributed by atoms with Gasteiger partial charge in [-0.15, -0.1) is 0 Å². The zero-order valence-corrected chi connectivity index (χ0v) is 10.1. The van der Waals surface area contributed by atoms with Gasteiger partial charge in [0.1, 0.15) is 5.57 Å². The minimum Gasteiger partial charge on any atom is -0.525 e. The second kappa shape index (κ2) is 5.11. The first-order chi connectivity index (χ1) is 7.15. The minimum absolute atomic E-state index is 0.180. The second-order valence-corrected chi connectivity index (χ2v) is 3.17. The first-order valence-corrected chi connectivity index (χ1v) is 5.05. The summed E-state index contributed by atoms with van der Waals surface area (Å²) >= 11 is 0. The van der Waals surface area contributed by atoms with Gasteiger partial charge in [0.05, 0.1) is 0 Å². The molecular formula is C10H10O4Si. The van der Waals surface area contributed by atoms with Crippen molar-refractivity contribution in [3.63, 3.8) is 0 Å². The number of carboxylic acid groups (broad SMARTS) is 1. The van der Waals surface area contributed by atoms with Gasteiger partial charge in [0.2, 0.25) is 10.5 Å². The molecule has 0 aliphatic rings. The van der Waals surface area contributed by atoms with E-state index < -0.39 is 11.9 Å². The Labute approximate surface area is 89.7 Å². The summed E-state index contributed by atoms with van der Waals surface area (Å²) in [6.07, 6.45) is 1.29. The van der Waals surface area contributed by atoms with Gasteiger partial charge in [-0.25, -0.2) is 9.59 Å². The quantitative estimate of drug-likeness (QED) is 0.338. The Kier molecular flexibility index (Phi) is 3.81. The van der Waals surface area contributed by atoms with Crippen LogP contribution >= 0.6 is 0 Å². The molecule has 0 atom stereocenters. The van der Waals surface area contributed by atoms with Crippen LogP contribution < -0.4 is 0 Å². The van der Waals surface area contributed by atoms with Crippen molar-refractivity contribution in [1.82, 2.24) is 0 Å². The number of carbonyl (C=O) groups excluding carboxylic acids is 1. The highest BCUT2D eigenvalue weighted by molar-refractivity contribution is 6.21. The molecule has 1 aromatic rings. The number of benzene rings is 1. The van der Waals surface area contributed by atoms with E-state index in [-0.39, 0.29) is 16.1 Å². The Morgan fingerprint density at radius 3 is 2.33 bits per heavy atom. The molecule has 0 unspecified atom stereocenters. The molecule has 0 saturated carbocycles. The summed E-state index contributed by atoms with van der Waals surface area (Å²) in [6, 6.07) is 8.75. The molecule has 0 saturated heterocycles. The minimum atomic E-state index is -1.28. The van der Waals surface area contributed by atoms with E-state index >= 15 is 0 Å². The van der Waals surface area contributed by atoms with Crippen LogP contribution in [-0.2, 0) is 14.0 Å². The predicted octanol–water partition coefficient (Wildman–Crippen LogP) is -0.0218. The molecule has 1 rings (SSSR count). The fourth-order valence-electron chi connectivity index (χ4n) is 1.03. The molecule has 0 aromatic heterocycles. The van der Waals surface area contributed by atoms with Gasteiger partial charge in [0, 0.05) is 0 Å². The van der Waals surface area contributed by atoms with E-state index in [0.717, 1.165) is 0 Å². The third-order valence-electron chi connectivity index (χ3n) is 1.75. The van der Waals surface area contributed by atoms with Crippen LogP contribution in [0.15, 0.2) is 35.9 Å². The topological polar surface area (TPSA) is 63.6 Å². The largest absolute Gasteiger partial charge is 0.525 e. The van der Waals surface area contributed by atoms with Crippen molar-refractivity contribution in [3.05, 3.63) is 41.5 Å². The summed E-state index contributed by atoms with van der Waals surface area (Å²) in [5.41, 5.74) is 0.304. The highest BCUT2D eigenvalue weighted by atomic mass is 28.2. The summed E-state index contributed by atoms with van der Waals surface area (Å²) in [7, 11) is 0.180. The Hall–Kier alpha value is -1.88. The Bertz CT molecular complexity index is 397. The van der Waals surface area contributed by atoms with Crippen molar-refractivity contribution in [2.24, 2.45) is 0 Å². The lowest BCUT2D eigenvalue weighted by molar-refractivity contribution is -0.138. The summed E-state index contributed by atoms with van der Waals surface area (Å²) in [5, 5.41) is 8.78. The Morgan fingerprint density at radius 1 is 1.27 bits per heavy atom. The van der Waals surface area contributed by atoms with Gasteiger partial charge >= 0.3 is 11.9 Å². The maximum absolute atomic E-state index is 11.1. The van der Waals surface area contributed by atoms with Crippen LogP contribution in [0.1, 0.15) is 5.56 Å². The van der Waals surface area contributed by atoms with Crippen molar-refractivity contribution in [3.8, 4) is 0 Å². The average Bonchev–Trinajstić information content (AvgIpc) is 2.26. The molecule has 0 heterocycles. The van der Waals surface area contributed by atoms with E-state index in [1.54, 1.807) is 24.3 Å². The van der Waals surface area contributed by atoms with Crippen LogP contribution in [0, 0.1) is 0 Å². The van der Waals surface area contributed by atoms with E-state index in [1.807, 2.05) is 6.07 Å². The molecule has 0 radical (unpaired) electrons. The van der Waals surface area contributed by atoms with E-state index in [2.05, 4.69) is 4.43 Å². The van der Waals surface area contributed by atoms with Crippen LogP contribution in [-0.4, -0.2) is 27.5 Å². The Morgan fingerprint density at radius 2 is 1.87 bits per heavy atom. The van der Waals surface area contributed by atoms with Gasteiger partial charge in [0.25, 0.3) is 0 Å². The zero-order valence-electron chi connectivity index (χ0n) is 8.14. The molecule has 78 valence electrons. The van der Waals surface area contributed by atoms with Crippen molar-refractivity contribution < 1.29 is 19.1 Å². The van der Waals surface area contributed by atoms with Gasteiger partial charge in [-0.1, -0.05) is 30.3 Å². The number of carbonyl (C=O) groups is 2. The number of aliphatic carboxylic acids is 1. The first kappa shape index (κ1) is 11.2. The lowest BCUT2D eigenvalue weighted by Crippen LogP contribution is -2.13. The number of rotatable bonds is 3. The molecule has 1 N–H and O–H groups in total. The first-order valence-electron chi connectivity index (χ1n) is 4.23. The van der Waals surface area contributed by atoms with Crippen LogP contribution in [0.4, 0.5) is 0 Å².